The summed E-state index contributed by atoms with van der Waals surface area (Å²) in [6.07, 6.45) is 6.87. The molecule has 0 bridgehead atoms. The highest BCUT2D eigenvalue weighted by atomic mass is 35.5. The van der Waals surface area contributed by atoms with Crippen molar-refractivity contribution in [3.63, 3.8) is 0 Å². The van der Waals surface area contributed by atoms with Crippen molar-refractivity contribution in [1.29, 1.82) is 0 Å². The molecular weight excluding hydrogens is 415 g/mol. The molecule has 0 spiro atoms. The summed E-state index contributed by atoms with van der Waals surface area (Å²) >= 11 is 5.97. The topological polar surface area (TPSA) is 51.0 Å². The number of amides is 1. The second-order valence-corrected chi connectivity index (χ2v) is 7.53. The lowest BCUT2D eigenvalue weighted by atomic mass is 10.1. The molecule has 0 aliphatic carbocycles. The molecule has 7 heteroatoms. The smallest absolute Gasteiger partial charge is 0.254 e. The van der Waals surface area contributed by atoms with Crippen LogP contribution >= 0.6 is 11.6 Å². The summed E-state index contributed by atoms with van der Waals surface area (Å²) in [5, 5.41) is 0.566. The van der Waals surface area contributed by atoms with Crippen LogP contribution in [0.3, 0.4) is 0 Å². The highest BCUT2D eigenvalue weighted by molar-refractivity contribution is 6.30. The molecule has 2 aromatic heterocycles. The Hall–Kier alpha value is -3.51. The number of hydrogen-bond donors (Lipinski definition) is 0. The Balaban J connectivity index is 1.61. The van der Waals surface area contributed by atoms with Crippen molar-refractivity contribution in [2.75, 3.05) is 0 Å². The highest BCUT2D eigenvalue weighted by Crippen LogP contribution is 2.17. The van der Waals surface area contributed by atoms with Gasteiger partial charge in [-0.1, -0.05) is 35.9 Å². The SMILES string of the molecule is O=C(c1ccc(Cl)cc1)N(Cc1cccnc1)Cc1nccn1Cc1ccccc1F. The maximum Gasteiger partial charge on any atom is 0.254 e. The van der Waals surface area contributed by atoms with Gasteiger partial charge in [0.05, 0.1) is 13.1 Å². The van der Waals surface area contributed by atoms with Gasteiger partial charge in [0.15, 0.2) is 0 Å². The van der Waals surface area contributed by atoms with Crippen LogP contribution in [0.25, 0.3) is 0 Å². The van der Waals surface area contributed by atoms with Crippen LogP contribution in [0.4, 0.5) is 4.39 Å². The van der Waals surface area contributed by atoms with E-state index in [0.29, 0.717) is 35.1 Å². The molecule has 31 heavy (non-hydrogen) atoms. The van der Waals surface area contributed by atoms with Crippen molar-refractivity contribution in [1.82, 2.24) is 19.4 Å². The van der Waals surface area contributed by atoms with Crippen LogP contribution < -0.4 is 0 Å². The van der Waals surface area contributed by atoms with E-state index in [4.69, 9.17) is 11.6 Å². The minimum atomic E-state index is -0.272. The number of carbonyl (C=O) groups excluding carboxylic acids is 1. The van der Waals surface area contributed by atoms with E-state index in [2.05, 4.69) is 9.97 Å². The quantitative estimate of drug-likeness (QED) is 0.413. The number of benzene rings is 2. The van der Waals surface area contributed by atoms with Crippen molar-refractivity contribution in [3.05, 3.63) is 119 Å². The number of halogens is 2. The van der Waals surface area contributed by atoms with E-state index in [9.17, 15) is 9.18 Å². The van der Waals surface area contributed by atoms with E-state index in [1.807, 2.05) is 16.7 Å². The van der Waals surface area contributed by atoms with Gasteiger partial charge < -0.3 is 9.47 Å². The van der Waals surface area contributed by atoms with Crippen LogP contribution in [0, 0.1) is 5.82 Å². The second-order valence-electron chi connectivity index (χ2n) is 7.09. The molecule has 5 nitrogen and oxygen atoms in total. The van der Waals surface area contributed by atoms with Crippen molar-refractivity contribution < 1.29 is 9.18 Å². The zero-order valence-corrected chi connectivity index (χ0v) is 17.4. The fraction of sp³-hybridized carbons (Fsp3) is 0.125. The molecule has 0 saturated carbocycles. The molecule has 1 amide bonds. The van der Waals surface area contributed by atoms with Gasteiger partial charge in [-0.25, -0.2) is 9.37 Å². The van der Waals surface area contributed by atoms with E-state index in [-0.39, 0.29) is 18.3 Å². The Morgan fingerprint density at radius 1 is 1.00 bits per heavy atom. The molecule has 2 heterocycles. The standard InChI is InChI=1S/C24H20ClFN4O/c25-21-9-7-19(8-10-21)24(31)30(15-18-4-3-11-27-14-18)17-23-28-12-13-29(23)16-20-5-1-2-6-22(20)26/h1-14H,15-17H2. The summed E-state index contributed by atoms with van der Waals surface area (Å²) in [4.78, 5) is 23.5. The summed E-state index contributed by atoms with van der Waals surface area (Å²) in [6.45, 7) is 0.956. The molecular formula is C24H20ClFN4O. The molecule has 0 aliphatic rings. The fourth-order valence-corrected chi connectivity index (χ4v) is 3.43. The maximum absolute atomic E-state index is 14.1. The van der Waals surface area contributed by atoms with Crippen LogP contribution in [0.1, 0.15) is 27.3 Å². The van der Waals surface area contributed by atoms with Gasteiger partial charge in [-0.3, -0.25) is 9.78 Å². The largest absolute Gasteiger partial charge is 0.329 e. The third-order valence-electron chi connectivity index (χ3n) is 4.91. The molecule has 0 saturated heterocycles. The number of pyridine rings is 1. The summed E-state index contributed by atoms with van der Waals surface area (Å²) in [7, 11) is 0. The van der Waals surface area contributed by atoms with E-state index in [1.54, 1.807) is 72.2 Å². The lowest BCUT2D eigenvalue weighted by Crippen LogP contribution is -2.31. The first-order valence-electron chi connectivity index (χ1n) is 9.77. The molecule has 0 N–H and O–H groups in total. The van der Waals surface area contributed by atoms with Gasteiger partial charge in [-0.2, -0.15) is 0 Å². The fourth-order valence-electron chi connectivity index (χ4n) is 3.30. The van der Waals surface area contributed by atoms with Gasteiger partial charge in [0.2, 0.25) is 0 Å². The number of imidazole rings is 1. The molecule has 2 aromatic carbocycles. The van der Waals surface area contributed by atoms with E-state index >= 15 is 0 Å². The number of aromatic nitrogens is 3. The molecule has 4 aromatic rings. The monoisotopic (exact) mass is 434 g/mol. The summed E-state index contributed by atoms with van der Waals surface area (Å²) in [5.41, 5.74) is 1.99. The molecule has 0 aliphatic heterocycles. The molecule has 0 unspecified atom stereocenters. The number of rotatable bonds is 7. The van der Waals surface area contributed by atoms with Crippen molar-refractivity contribution >= 4 is 17.5 Å². The van der Waals surface area contributed by atoms with Crippen LogP contribution in [0.5, 0.6) is 0 Å². The van der Waals surface area contributed by atoms with Crippen molar-refractivity contribution in [2.45, 2.75) is 19.6 Å². The van der Waals surface area contributed by atoms with Crippen molar-refractivity contribution in [3.8, 4) is 0 Å². The minimum Gasteiger partial charge on any atom is -0.329 e. The highest BCUT2D eigenvalue weighted by Gasteiger charge is 2.19. The Morgan fingerprint density at radius 2 is 1.81 bits per heavy atom. The molecule has 0 atom stereocenters. The van der Waals surface area contributed by atoms with Gasteiger partial charge in [0.1, 0.15) is 11.6 Å². The zero-order valence-electron chi connectivity index (χ0n) is 16.7. The first kappa shape index (κ1) is 20.8. The summed E-state index contributed by atoms with van der Waals surface area (Å²) in [5.74, 6) is 0.238. The lowest BCUT2D eigenvalue weighted by Gasteiger charge is -2.23. The Morgan fingerprint density at radius 3 is 2.55 bits per heavy atom. The molecule has 156 valence electrons. The van der Waals surface area contributed by atoms with Crippen LogP contribution in [-0.4, -0.2) is 25.3 Å². The Bertz CT molecular complexity index is 1160. The van der Waals surface area contributed by atoms with Gasteiger partial charge in [0, 0.05) is 47.5 Å². The second kappa shape index (κ2) is 9.53. The number of hydrogen-bond acceptors (Lipinski definition) is 3. The predicted octanol–water partition coefficient (Wildman–Crippen LogP) is 4.96. The molecule has 4 rings (SSSR count). The summed E-state index contributed by atoms with van der Waals surface area (Å²) in [6, 6.07) is 17.2. The third kappa shape index (κ3) is 5.16. The Labute approximate surface area is 184 Å². The summed E-state index contributed by atoms with van der Waals surface area (Å²) < 4.78 is 16.0. The molecule has 0 fully saturated rings. The maximum atomic E-state index is 14.1. The number of carbonyl (C=O) groups is 1. The number of nitrogens with zero attached hydrogens (tertiary/aromatic N) is 4. The van der Waals surface area contributed by atoms with Gasteiger partial charge >= 0.3 is 0 Å². The van der Waals surface area contributed by atoms with Crippen LogP contribution in [-0.2, 0) is 19.6 Å². The average molecular weight is 435 g/mol. The third-order valence-corrected chi connectivity index (χ3v) is 5.16. The normalized spacial score (nSPS) is 10.8. The predicted molar refractivity (Wildman–Crippen MR) is 117 cm³/mol. The van der Waals surface area contributed by atoms with Crippen LogP contribution in [0.2, 0.25) is 5.02 Å². The van der Waals surface area contributed by atoms with Gasteiger partial charge in [-0.05, 0) is 42.0 Å². The van der Waals surface area contributed by atoms with E-state index in [1.165, 1.54) is 6.07 Å². The Kier molecular flexibility index (Phi) is 6.38. The van der Waals surface area contributed by atoms with Gasteiger partial charge in [-0.15, -0.1) is 0 Å². The first-order valence-corrected chi connectivity index (χ1v) is 10.1. The minimum absolute atomic E-state index is 0.152. The van der Waals surface area contributed by atoms with Crippen molar-refractivity contribution in [2.24, 2.45) is 0 Å². The molecule has 0 radical (unpaired) electrons. The first-order chi connectivity index (χ1) is 15.1. The van der Waals surface area contributed by atoms with Crippen LogP contribution in [0.15, 0.2) is 85.5 Å². The van der Waals surface area contributed by atoms with E-state index < -0.39 is 0 Å². The average Bonchev–Trinajstić information content (AvgIpc) is 3.22. The van der Waals surface area contributed by atoms with Gasteiger partial charge in [0.25, 0.3) is 5.91 Å². The zero-order chi connectivity index (χ0) is 21.6. The van der Waals surface area contributed by atoms with E-state index in [0.717, 1.165) is 5.56 Å². The lowest BCUT2D eigenvalue weighted by molar-refractivity contribution is 0.0723.